The molecule has 0 fully saturated rings. The van der Waals surface area contributed by atoms with Gasteiger partial charge in [0.15, 0.2) is 0 Å². The summed E-state index contributed by atoms with van der Waals surface area (Å²) in [7, 11) is 0. The minimum atomic E-state index is -1.17. The van der Waals surface area contributed by atoms with E-state index < -0.39 is 61.7 Å². The van der Waals surface area contributed by atoms with Crippen molar-refractivity contribution in [3.8, 4) is 29.3 Å². The van der Waals surface area contributed by atoms with Gasteiger partial charge < -0.3 is 0 Å². The van der Waals surface area contributed by atoms with Crippen molar-refractivity contribution in [3.63, 3.8) is 0 Å². The molecule has 8 rings (SSSR count). The molecule has 0 aliphatic heterocycles. The molecular formula is C28H18I10P10S8. The van der Waals surface area contributed by atoms with Crippen LogP contribution in [0.3, 0.4) is 0 Å². The second-order valence-corrected chi connectivity index (χ2v) is 40.5. The molecular weight excluding hydrogens is 2170 g/mol. The van der Waals surface area contributed by atoms with Crippen LogP contribution in [0, 0.1) is 13.8 Å². The van der Waals surface area contributed by atoms with Crippen molar-refractivity contribution in [1.29, 1.82) is 12.8 Å². The molecule has 28 heteroatoms. The van der Waals surface area contributed by atoms with Crippen LogP contribution < -0.4 is 51.7 Å². The molecule has 0 aliphatic rings. The normalized spacial score (nSPS) is 20.1. The van der Waals surface area contributed by atoms with E-state index in [1.54, 1.807) is 90.7 Å². The first-order valence-corrected chi connectivity index (χ1v) is 57.7. The third kappa shape index (κ3) is 11.3. The molecule has 298 valence electrons. The SMILES string of the molecule is [2H]P(I)c1cc(-c2sc3c(P([2H])I)c(-c4cc(P([2H])I)c(P([2H])I)s4)sc3c2P([2H])I)sc1C.[2H]P(I)c1sc2c(P([2H])I)c(-c3sc4c(P([2H])I)c(C)sc4c3P([2H])I)sc2c1P([2H])I. The van der Waals surface area contributed by atoms with Gasteiger partial charge in [0.25, 0.3) is 0 Å². The zero-order chi connectivity index (χ0) is 48.7. The summed E-state index contributed by atoms with van der Waals surface area (Å²) in [6.45, 7) is 4.17. The lowest BCUT2D eigenvalue weighted by Gasteiger charge is -2.02. The van der Waals surface area contributed by atoms with Gasteiger partial charge in [0.05, 0.1) is 60.5 Å². The summed E-state index contributed by atoms with van der Waals surface area (Å²) in [4.78, 5) is 9.04. The monoisotopic (exact) mass is 2200 g/mol. The van der Waals surface area contributed by atoms with E-state index in [1.807, 2.05) is 0 Å². The van der Waals surface area contributed by atoms with Crippen LogP contribution in [0.4, 0.5) is 0 Å². The van der Waals surface area contributed by atoms with Gasteiger partial charge >= 0.3 is 0 Å². The number of thiophene rings is 8. The van der Waals surface area contributed by atoms with E-state index in [0.29, 0.717) is 0 Å². The molecule has 0 amide bonds. The highest BCUT2D eigenvalue weighted by atomic mass is 127. The highest BCUT2D eigenvalue weighted by Crippen LogP contribution is 2.52. The molecule has 0 saturated heterocycles. The van der Waals surface area contributed by atoms with Crippen molar-refractivity contribution in [1.82, 2.24) is 0 Å². The highest BCUT2D eigenvalue weighted by Gasteiger charge is 2.27. The molecule has 56 heavy (non-hydrogen) atoms. The number of hydrogen-bond donors (Lipinski definition) is 0. The first-order valence-electron chi connectivity index (χ1n) is 18.8. The number of fused-ring (bicyclic) bond motifs is 3. The minimum Gasteiger partial charge on any atom is -0.139 e. The zero-order valence-electron chi connectivity index (χ0n) is 36.7. The largest absolute Gasteiger partial charge is 0.139 e. The predicted molar refractivity (Wildman–Crippen MR) is 394 cm³/mol. The van der Waals surface area contributed by atoms with E-state index in [2.05, 4.69) is 246 Å². The van der Waals surface area contributed by atoms with Crippen LogP contribution in [0.5, 0.6) is 0 Å². The van der Waals surface area contributed by atoms with Gasteiger partial charge in [-0.15, -0.1) is 90.7 Å². The Labute approximate surface area is 519 Å². The van der Waals surface area contributed by atoms with E-state index in [9.17, 15) is 0 Å². The average molecular weight is 2200 g/mol. The average Bonchev–Trinajstić information content (AvgIpc) is 4.04. The smallest absolute Gasteiger partial charge is 0.0748 e. The van der Waals surface area contributed by atoms with Crippen molar-refractivity contribution in [3.05, 3.63) is 21.9 Å². The van der Waals surface area contributed by atoms with Crippen molar-refractivity contribution in [2.75, 3.05) is 0 Å². The van der Waals surface area contributed by atoms with Gasteiger partial charge in [-0.05, 0) is 93.0 Å². The second kappa shape index (κ2) is 25.6. The first kappa shape index (κ1) is 41.5. The number of rotatable bonds is 13. The molecule has 0 bridgehead atoms. The van der Waals surface area contributed by atoms with E-state index in [1.165, 1.54) is 9.75 Å². The maximum atomic E-state index is 8.76. The fraction of sp³-hybridized carbons (Fsp3) is 0.0714. The molecule has 10 atom stereocenters. The number of aryl methyl sites for hydroxylation is 2. The van der Waals surface area contributed by atoms with E-state index in [0.717, 1.165) is 109 Å². The Morgan fingerprint density at radius 1 is 0.357 bits per heavy atom. The summed E-state index contributed by atoms with van der Waals surface area (Å²) in [5.41, 5.74) is 0. The summed E-state index contributed by atoms with van der Waals surface area (Å²) < 4.78 is 93.9. The molecule has 0 aliphatic carbocycles. The molecule has 8 aromatic heterocycles. The quantitative estimate of drug-likeness (QED) is 0.0797. The summed E-state index contributed by atoms with van der Waals surface area (Å²) in [5.74, 6) is 0. The topological polar surface area (TPSA) is 0 Å². The fourth-order valence-electron chi connectivity index (χ4n) is 5.28. The van der Waals surface area contributed by atoms with Crippen molar-refractivity contribution < 1.29 is 0 Å². The Morgan fingerprint density at radius 3 is 1.20 bits per heavy atom. The highest BCUT2D eigenvalue weighted by molar-refractivity contribution is 14.2. The standard InChI is InChI=1S/C15H10I5P5S4.C13H8I5P5S4/c1-4-5(21-16)2-7(26-4)11-9(23-18)13-14(28-11)10(24-19)12(29-13)8-3-6(22-17)15(25-20)27-8;1-2-3(19-14)7-8(24-2)4(20-15)9(25-7)10-5(21-16)11-12(26-10)6(22-17)13(23-18)27-11/h2-3,21-25H,1H3;19-23H,1H3/i21D,22D,23D,24D,25D;19D,20D,21D,22D,23D. The zero-order valence-corrected chi connectivity index (χ0v) is 63.7. The van der Waals surface area contributed by atoms with Gasteiger partial charge in [-0.1, -0.05) is 220 Å². The molecule has 8 aromatic rings. The lowest BCUT2D eigenvalue weighted by Crippen LogP contribution is -2.04. The molecule has 8 heterocycles. The maximum Gasteiger partial charge on any atom is 0.0748 e. The lowest BCUT2D eigenvalue weighted by atomic mass is 10.3. The van der Waals surface area contributed by atoms with Crippen LogP contribution in [0.25, 0.3) is 57.5 Å². The van der Waals surface area contributed by atoms with E-state index in [-0.39, 0.29) is 0 Å². The fourth-order valence-corrected chi connectivity index (χ4v) is 47.8. The Kier molecular flexibility index (Phi) is 18.9. The van der Waals surface area contributed by atoms with Gasteiger partial charge in [0.1, 0.15) is 0 Å². The van der Waals surface area contributed by atoms with Crippen LogP contribution in [-0.4, -0.2) is 12.8 Å². The Morgan fingerprint density at radius 2 is 0.750 bits per heavy atom. The first-order chi connectivity index (χ1) is 30.9. The summed E-state index contributed by atoms with van der Waals surface area (Å²) >= 11 is 35.6. The Balaban J connectivity index is 0.000000197. The molecule has 0 saturated carbocycles. The number of halogens is 10. The Bertz CT molecular complexity index is 3040. The summed E-state index contributed by atoms with van der Waals surface area (Å²) in [6, 6.07) is 4.25. The van der Waals surface area contributed by atoms with Crippen LogP contribution in [0.1, 0.15) is 9.75 Å². The summed E-state index contributed by atoms with van der Waals surface area (Å²) in [6.07, 6.45) is -10.9. The summed E-state index contributed by atoms with van der Waals surface area (Å²) in [5, 5.41) is 8.52. The molecule has 0 aromatic carbocycles. The Hall–Kier alpha value is 9.98. The molecule has 0 N–H and O–H groups in total. The van der Waals surface area contributed by atoms with Crippen LogP contribution in [-0.2, 0) is 0 Å². The van der Waals surface area contributed by atoms with Crippen molar-refractivity contribution in [2.45, 2.75) is 13.8 Å². The van der Waals surface area contributed by atoms with Gasteiger partial charge in [-0.25, -0.2) is 0 Å². The number of hydrogen-bond acceptors (Lipinski definition) is 8. The lowest BCUT2D eigenvalue weighted by molar-refractivity contribution is 1.69. The van der Waals surface area contributed by atoms with Gasteiger partial charge in [-0.2, -0.15) is 0 Å². The molecule has 0 spiro atoms. The third-order valence-corrected chi connectivity index (χ3v) is 43.5. The van der Waals surface area contributed by atoms with Gasteiger partial charge in [-0.3, -0.25) is 0 Å². The van der Waals surface area contributed by atoms with Gasteiger partial charge in [0.2, 0.25) is 0 Å². The maximum absolute atomic E-state index is 8.76. The van der Waals surface area contributed by atoms with E-state index in [4.69, 9.17) is 12.8 Å². The third-order valence-electron chi connectivity index (χ3n) is 7.66. The van der Waals surface area contributed by atoms with Crippen LogP contribution >= 0.6 is 373 Å². The molecule has 0 nitrogen and oxygen atoms in total. The van der Waals surface area contributed by atoms with E-state index >= 15 is 0 Å². The van der Waals surface area contributed by atoms with Crippen molar-refractivity contribution in [2.24, 2.45) is 0 Å². The predicted octanol–water partition coefficient (Wildman–Crippen LogP) is 19.5. The van der Waals surface area contributed by atoms with Crippen LogP contribution in [0.15, 0.2) is 12.1 Å². The molecule has 10 unspecified atom stereocenters. The molecule has 0 radical (unpaired) electrons. The minimum absolute atomic E-state index is 0.948. The van der Waals surface area contributed by atoms with Crippen LogP contribution in [0.2, 0.25) is 0 Å². The van der Waals surface area contributed by atoms with Crippen molar-refractivity contribution >= 4 is 453 Å². The second-order valence-electron chi connectivity index (χ2n) is 10.6. The van der Waals surface area contributed by atoms with Gasteiger partial charge in [0, 0.05) is 65.9 Å².